The zero-order valence-electron chi connectivity index (χ0n) is 49.6. The van der Waals surface area contributed by atoms with Crippen LogP contribution in [0.5, 0.6) is 0 Å². The highest BCUT2D eigenvalue weighted by Crippen LogP contribution is 2.19. The molecule has 0 aromatic rings. The Morgan fingerprint density at radius 1 is 0.370 bits per heavy atom. The number of aliphatic hydroxyl groups is 2. The van der Waals surface area contributed by atoms with Crippen LogP contribution in [0.25, 0.3) is 0 Å². The van der Waals surface area contributed by atoms with Gasteiger partial charge in [0.25, 0.3) is 0 Å². The first-order valence-electron chi connectivity index (χ1n) is 33.4. The van der Waals surface area contributed by atoms with Crippen LogP contribution in [0.3, 0.4) is 0 Å². The van der Waals surface area contributed by atoms with E-state index in [0.717, 1.165) is 44.9 Å². The van der Waals surface area contributed by atoms with Crippen molar-refractivity contribution in [1.82, 2.24) is 5.32 Å². The topological polar surface area (TPSA) is 95.9 Å². The third-order valence-corrected chi connectivity index (χ3v) is 15.8. The molecule has 0 saturated heterocycles. The summed E-state index contributed by atoms with van der Waals surface area (Å²) in [5.74, 6) is -0.0256. The predicted octanol–water partition coefficient (Wildman–Crippen LogP) is 21.2. The van der Waals surface area contributed by atoms with Gasteiger partial charge in [-0.25, -0.2) is 0 Å². The SMILES string of the molecule is CCCC/C=C\CCCCCCCC(=O)OCCCCCCCCCCCCCCCCCCCCCCCCCC(=O)NC(CO)C(O)CCCCCCCCCCCCCCCCCCCCCCCC. The average Bonchev–Trinajstić information content (AvgIpc) is 3.39. The number of hydrogen-bond donors (Lipinski definition) is 3. The third-order valence-electron chi connectivity index (χ3n) is 15.8. The fourth-order valence-electron chi connectivity index (χ4n) is 10.7. The summed E-state index contributed by atoms with van der Waals surface area (Å²) in [6.07, 6.45) is 76.7. The minimum atomic E-state index is -0.664. The third kappa shape index (κ3) is 59.7. The van der Waals surface area contributed by atoms with Gasteiger partial charge in [-0.1, -0.05) is 334 Å². The van der Waals surface area contributed by atoms with E-state index in [1.807, 2.05) is 0 Å². The summed E-state index contributed by atoms with van der Waals surface area (Å²) in [7, 11) is 0. The molecular formula is C67H131NO5. The van der Waals surface area contributed by atoms with Crippen molar-refractivity contribution in [3.8, 4) is 0 Å². The normalized spacial score (nSPS) is 12.5. The number of allylic oxidation sites excluding steroid dienone is 2. The molecule has 0 aliphatic carbocycles. The fourth-order valence-corrected chi connectivity index (χ4v) is 10.7. The largest absolute Gasteiger partial charge is 0.466 e. The highest BCUT2D eigenvalue weighted by Gasteiger charge is 2.20. The average molecular weight is 1030 g/mol. The highest BCUT2D eigenvalue weighted by atomic mass is 16.5. The van der Waals surface area contributed by atoms with Gasteiger partial charge in [0.2, 0.25) is 5.91 Å². The number of ether oxygens (including phenoxy) is 1. The van der Waals surface area contributed by atoms with Crippen molar-refractivity contribution in [1.29, 1.82) is 0 Å². The van der Waals surface area contributed by atoms with Crippen LogP contribution in [0.15, 0.2) is 12.2 Å². The van der Waals surface area contributed by atoms with Crippen LogP contribution in [-0.2, 0) is 14.3 Å². The molecule has 6 nitrogen and oxygen atoms in total. The molecule has 2 unspecified atom stereocenters. The lowest BCUT2D eigenvalue weighted by molar-refractivity contribution is -0.143. The van der Waals surface area contributed by atoms with Gasteiger partial charge < -0.3 is 20.3 Å². The van der Waals surface area contributed by atoms with E-state index in [2.05, 4.69) is 31.3 Å². The van der Waals surface area contributed by atoms with Crippen LogP contribution in [0.2, 0.25) is 0 Å². The van der Waals surface area contributed by atoms with Crippen molar-refractivity contribution in [2.45, 2.75) is 392 Å². The second-order valence-electron chi connectivity index (χ2n) is 23.2. The molecular weight excluding hydrogens is 899 g/mol. The van der Waals surface area contributed by atoms with E-state index in [1.165, 1.54) is 302 Å². The number of carbonyl (C=O) groups is 2. The van der Waals surface area contributed by atoms with Crippen LogP contribution in [-0.4, -0.2) is 47.4 Å². The number of rotatable bonds is 63. The van der Waals surface area contributed by atoms with Crippen molar-refractivity contribution in [3.63, 3.8) is 0 Å². The van der Waals surface area contributed by atoms with Crippen molar-refractivity contribution < 1.29 is 24.5 Å². The Kier molecular flexibility index (Phi) is 61.9. The summed E-state index contributed by atoms with van der Waals surface area (Å²) >= 11 is 0. The highest BCUT2D eigenvalue weighted by molar-refractivity contribution is 5.76. The van der Waals surface area contributed by atoms with Gasteiger partial charge in [-0.3, -0.25) is 9.59 Å². The molecule has 1 amide bonds. The molecule has 0 spiro atoms. The van der Waals surface area contributed by atoms with E-state index in [4.69, 9.17) is 4.74 Å². The van der Waals surface area contributed by atoms with Crippen LogP contribution in [0.1, 0.15) is 380 Å². The molecule has 434 valence electrons. The molecule has 0 aliphatic heterocycles. The maximum Gasteiger partial charge on any atom is 0.305 e. The zero-order valence-corrected chi connectivity index (χ0v) is 49.6. The standard InChI is InChI=1S/C67H131NO5/c1-3-5-7-9-11-13-15-16-17-18-19-20-24-27-30-33-36-40-43-47-51-55-59-65(70)64(63-69)68-66(71)60-56-52-48-44-41-37-34-31-28-25-22-21-23-26-29-32-35-38-42-46-50-54-58-62-73-67(72)61-57-53-49-45-39-14-12-10-8-6-4-2/h10,12,64-65,69-70H,3-9,11,13-63H2,1-2H3,(H,68,71)/b12-10-. The van der Waals surface area contributed by atoms with E-state index < -0.39 is 12.1 Å². The Labute approximate surface area is 457 Å². The van der Waals surface area contributed by atoms with Gasteiger partial charge in [-0.15, -0.1) is 0 Å². The number of aliphatic hydroxyl groups excluding tert-OH is 2. The van der Waals surface area contributed by atoms with Crippen molar-refractivity contribution >= 4 is 11.9 Å². The molecule has 0 aromatic carbocycles. The number of amides is 1. The monoisotopic (exact) mass is 1030 g/mol. The molecule has 2 atom stereocenters. The van der Waals surface area contributed by atoms with Crippen LogP contribution < -0.4 is 5.32 Å². The van der Waals surface area contributed by atoms with E-state index in [0.29, 0.717) is 25.9 Å². The lowest BCUT2D eigenvalue weighted by Gasteiger charge is -2.22. The first-order chi connectivity index (χ1) is 36.0. The maximum atomic E-state index is 12.5. The van der Waals surface area contributed by atoms with E-state index >= 15 is 0 Å². The summed E-state index contributed by atoms with van der Waals surface area (Å²) in [5.41, 5.74) is 0. The second kappa shape index (κ2) is 63.1. The molecule has 0 radical (unpaired) electrons. The molecule has 0 fully saturated rings. The van der Waals surface area contributed by atoms with Gasteiger partial charge >= 0.3 is 5.97 Å². The van der Waals surface area contributed by atoms with E-state index in [-0.39, 0.29) is 18.5 Å². The molecule has 6 heteroatoms. The fraction of sp³-hybridized carbons (Fsp3) is 0.940. The van der Waals surface area contributed by atoms with Gasteiger partial charge in [-0.05, 0) is 44.9 Å². The van der Waals surface area contributed by atoms with Crippen LogP contribution >= 0.6 is 0 Å². The smallest absolute Gasteiger partial charge is 0.305 e. The Morgan fingerprint density at radius 2 is 0.658 bits per heavy atom. The molecule has 0 heterocycles. The maximum absolute atomic E-state index is 12.5. The lowest BCUT2D eigenvalue weighted by atomic mass is 10.0. The van der Waals surface area contributed by atoms with Gasteiger partial charge in [-0.2, -0.15) is 0 Å². The Morgan fingerprint density at radius 3 is 1.01 bits per heavy atom. The van der Waals surface area contributed by atoms with E-state index in [9.17, 15) is 19.8 Å². The van der Waals surface area contributed by atoms with Gasteiger partial charge in [0.1, 0.15) is 0 Å². The summed E-state index contributed by atoms with van der Waals surface area (Å²) < 4.78 is 5.46. The first kappa shape index (κ1) is 71.6. The number of unbranched alkanes of at least 4 members (excludes halogenated alkanes) is 50. The number of carbonyl (C=O) groups excluding carboxylic acids is 2. The molecule has 0 aliphatic rings. The lowest BCUT2D eigenvalue weighted by Crippen LogP contribution is -2.45. The van der Waals surface area contributed by atoms with Gasteiger partial charge in [0, 0.05) is 12.8 Å². The Bertz CT molecular complexity index is 1100. The summed E-state index contributed by atoms with van der Waals surface area (Å²) in [6, 6.07) is -0.541. The minimum Gasteiger partial charge on any atom is -0.466 e. The first-order valence-corrected chi connectivity index (χ1v) is 33.4. The van der Waals surface area contributed by atoms with Crippen molar-refractivity contribution in [3.05, 3.63) is 12.2 Å². The molecule has 3 N–H and O–H groups in total. The second-order valence-corrected chi connectivity index (χ2v) is 23.2. The number of esters is 1. The number of nitrogens with one attached hydrogen (secondary N) is 1. The molecule has 0 saturated carbocycles. The summed E-state index contributed by atoms with van der Waals surface area (Å²) in [6.45, 7) is 4.95. The van der Waals surface area contributed by atoms with Crippen molar-refractivity contribution in [2.24, 2.45) is 0 Å². The van der Waals surface area contributed by atoms with E-state index in [1.54, 1.807) is 0 Å². The molecule has 0 rings (SSSR count). The van der Waals surface area contributed by atoms with Gasteiger partial charge in [0.05, 0.1) is 25.4 Å². The van der Waals surface area contributed by atoms with Crippen LogP contribution in [0, 0.1) is 0 Å². The minimum absolute atomic E-state index is 0.00425. The molecule has 0 aromatic heterocycles. The zero-order chi connectivity index (χ0) is 52.9. The van der Waals surface area contributed by atoms with Crippen LogP contribution in [0.4, 0.5) is 0 Å². The Balaban J connectivity index is 3.38. The Hall–Kier alpha value is -1.40. The molecule has 73 heavy (non-hydrogen) atoms. The van der Waals surface area contributed by atoms with Crippen molar-refractivity contribution in [2.75, 3.05) is 13.2 Å². The van der Waals surface area contributed by atoms with Gasteiger partial charge in [0.15, 0.2) is 0 Å². The summed E-state index contributed by atoms with van der Waals surface area (Å²) in [5, 5.41) is 23.4. The molecule has 0 bridgehead atoms. The quantitative estimate of drug-likeness (QED) is 0.0320. The summed E-state index contributed by atoms with van der Waals surface area (Å²) in [4.78, 5) is 24.5. The predicted molar refractivity (Wildman–Crippen MR) is 320 cm³/mol. The number of hydrogen-bond acceptors (Lipinski definition) is 5.